The third-order valence-corrected chi connectivity index (χ3v) is 2.49. The number of hydrogen-bond acceptors (Lipinski definition) is 3. The van der Waals surface area contributed by atoms with Crippen molar-refractivity contribution in [3.8, 4) is 0 Å². The third-order valence-electron chi connectivity index (χ3n) is 2.49. The minimum Gasteiger partial charge on any atom is -0.478 e. The van der Waals surface area contributed by atoms with Gasteiger partial charge in [-0.25, -0.2) is 4.79 Å². The molecule has 0 radical (unpaired) electrons. The Morgan fingerprint density at radius 1 is 1.53 bits per heavy atom. The Morgan fingerprint density at radius 2 is 2.12 bits per heavy atom. The fourth-order valence-electron chi connectivity index (χ4n) is 1.43. The summed E-state index contributed by atoms with van der Waals surface area (Å²) in [7, 11) is 0. The van der Waals surface area contributed by atoms with Crippen LogP contribution in [0.5, 0.6) is 0 Å². The van der Waals surface area contributed by atoms with Crippen LogP contribution in [0.4, 0.5) is 0 Å². The molecule has 1 heterocycles. The highest BCUT2D eigenvalue weighted by molar-refractivity contribution is 5.84. The minimum atomic E-state index is -0.935. The van der Waals surface area contributed by atoms with E-state index in [0.29, 0.717) is 6.42 Å². The largest absolute Gasteiger partial charge is 0.478 e. The SMILES string of the molecule is C=C(C)C(=O)O.O=C1NCCCCC1CCO. The fourth-order valence-corrected chi connectivity index (χ4v) is 1.43. The lowest BCUT2D eigenvalue weighted by molar-refractivity contribution is -0.132. The standard InChI is InChI=1S/C8H15NO2.C4H6O2/c10-6-4-7-3-1-2-5-9-8(7)11;1-3(2)4(5)6/h7,10H,1-6H2,(H,9,11);1H2,2H3,(H,5,6). The van der Waals surface area contributed by atoms with Crippen molar-refractivity contribution in [1.82, 2.24) is 5.32 Å². The Hall–Kier alpha value is -1.36. The van der Waals surface area contributed by atoms with E-state index in [0.717, 1.165) is 25.8 Å². The maximum Gasteiger partial charge on any atom is 0.330 e. The van der Waals surface area contributed by atoms with Gasteiger partial charge in [0, 0.05) is 24.6 Å². The van der Waals surface area contributed by atoms with E-state index in [9.17, 15) is 9.59 Å². The highest BCUT2D eigenvalue weighted by Gasteiger charge is 2.19. The van der Waals surface area contributed by atoms with Crippen molar-refractivity contribution in [3.05, 3.63) is 12.2 Å². The van der Waals surface area contributed by atoms with Crippen LogP contribution < -0.4 is 5.32 Å². The number of amides is 1. The van der Waals surface area contributed by atoms with Crippen LogP contribution in [0.25, 0.3) is 0 Å². The first kappa shape index (κ1) is 15.6. The summed E-state index contributed by atoms with van der Waals surface area (Å²) in [5.74, 6) is -0.756. The smallest absolute Gasteiger partial charge is 0.330 e. The van der Waals surface area contributed by atoms with Gasteiger partial charge in [-0.15, -0.1) is 0 Å². The molecule has 5 nitrogen and oxygen atoms in total. The summed E-state index contributed by atoms with van der Waals surface area (Å²) >= 11 is 0. The van der Waals surface area contributed by atoms with Crippen LogP contribution >= 0.6 is 0 Å². The van der Waals surface area contributed by atoms with Crippen molar-refractivity contribution in [2.75, 3.05) is 13.2 Å². The van der Waals surface area contributed by atoms with E-state index in [1.54, 1.807) is 0 Å². The average Bonchev–Trinajstić information content (AvgIpc) is 2.46. The molecule has 17 heavy (non-hydrogen) atoms. The molecule has 0 bridgehead atoms. The van der Waals surface area contributed by atoms with E-state index in [-0.39, 0.29) is 24.0 Å². The summed E-state index contributed by atoms with van der Waals surface area (Å²) in [5.41, 5.74) is 0.176. The van der Waals surface area contributed by atoms with Crippen molar-refractivity contribution in [2.45, 2.75) is 32.6 Å². The van der Waals surface area contributed by atoms with Crippen LogP contribution in [-0.2, 0) is 9.59 Å². The number of hydrogen-bond donors (Lipinski definition) is 3. The van der Waals surface area contributed by atoms with E-state index in [2.05, 4.69) is 11.9 Å². The summed E-state index contributed by atoms with van der Waals surface area (Å²) in [4.78, 5) is 20.8. The number of carbonyl (C=O) groups is 2. The zero-order chi connectivity index (χ0) is 13.3. The van der Waals surface area contributed by atoms with Crippen LogP contribution in [0.15, 0.2) is 12.2 Å². The first-order chi connectivity index (χ1) is 7.99. The molecule has 98 valence electrons. The summed E-state index contributed by atoms with van der Waals surface area (Å²) in [6.07, 6.45) is 3.73. The van der Waals surface area contributed by atoms with Gasteiger partial charge in [0.1, 0.15) is 0 Å². The van der Waals surface area contributed by atoms with E-state index < -0.39 is 5.97 Å². The molecule has 0 saturated carbocycles. The summed E-state index contributed by atoms with van der Waals surface area (Å²) in [6, 6.07) is 0. The normalized spacial score (nSPS) is 19.4. The first-order valence-corrected chi connectivity index (χ1v) is 5.76. The second kappa shape index (κ2) is 8.75. The van der Waals surface area contributed by atoms with Gasteiger partial charge in [0.15, 0.2) is 0 Å². The number of rotatable bonds is 3. The van der Waals surface area contributed by atoms with Crippen LogP contribution in [0.1, 0.15) is 32.6 Å². The molecule has 1 aliphatic heterocycles. The van der Waals surface area contributed by atoms with Crippen LogP contribution in [-0.4, -0.2) is 35.2 Å². The predicted octanol–water partition coefficient (Wildman–Crippen LogP) is 0.932. The Labute approximate surface area is 102 Å². The molecule has 1 saturated heterocycles. The lowest BCUT2D eigenvalue weighted by Crippen LogP contribution is -2.29. The molecule has 0 aromatic heterocycles. The quantitative estimate of drug-likeness (QED) is 0.644. The fraction of sp³-hybridized carbons (Fsp3) is 0.667. The molecule has 3 N–H and O–H groups in total. The van der Waals surface area contributed by atoms with Crippen LogP contribution in [0.2, 0.25) is 0 Å². The number of aliphatic hydroxyl groups excluding tert-OH is 1. The van der Waals surface area contributed by atoms with E-state index >= 15 is 0 Å². The Balaban J connectivity index is 0.000000366. The van der Waals surface area contributed by atoms with Crippen molar-refractivity contribution in [1.29, 1.82) is 0 Å². The molecule has 1 aliphatic rings. The van der Waals surface area contributed by atoms with Crippen molar-refractivity contribution in [3.63, 3.8) is 0 Å². The van der Waals surface area contributed by atoms with Gasteiger partial charge in [-0.05, 0) is 26.2 Å². The maximum atomic E-state index is 11.2. The van der Waals surface area contributed by atoms with Gasteiger partial charge in [-0.3, -0.25) is 4.79 Å². The van der Waals surface area contributed by atoms with Crippen molar-refractivity contribution < 1.29 is 19.8 Å². The van der Waals surface area contributed by atoms with Gasteiger partial charge in [0.2, 0.25) is 5.91 Å². The molecule has 5 heteroatoms. The maximum absolute atomic E-state index is 11.2. The molecule has 1 rings (SSSR count). The van der Waals surface area contributed by atoms with Gasteiger partial charge in [0.05, 0.1) is 0 Å². The number of carboxylic acid groups (broad SMARTS) is 1. The average molecular weight is 243 g/mol. The lowest BCUT2D eigenvalue weighted by Gasteiger charge is -2.09. The molecule has 1 fully saturated rings. The van der Waals surface area contributed by atoms with Gasteiger partial charge in [0.25, 0.3) is 0 Å². The number of carbonyl (C=O) groups excluding carboxylic acids is 1. The number of aliphatic hydroxyl groups is 1. The van der Waals surface area contributed by atoms with Crippen molar-refractivity contribution >= 4 is 11.9 Å². The molecule has 1 unspecified atom stereocenters. The minimum absolute atomic E-state index is 0.0579. The zero-order valence-corrected chi connectivity index (χ0v) is 10.2. The Bertz CT molecular complexity index is 264. The number of aliphatic carboxylic acids is 1. The Morgan fingerprint density at radius 3 is 2.59 bits per heavy atom. The summed E-state index contributed by atoms with van der Waals surface area (Å²) in [6.45, 7) is 5.53. The molecular formula is C12H21NO4. The molecule has 0 spiro atoms. The zero-order valence-electron chi connectivity index (χ0n) is 10.2. The van der Waals surface area contributed by atoms with E-state index in [1.807, 2.05) is 0 Å². The number of nitrogens with one attached hydrogen (secondary N) is 1. The highest BCUT2D eigenvalue weighted by Crippen LogP contribution is 2.15. The number of carboxylic acids is 1. The molecule has 0 aromatic rings. The molecule has 1 atom stereocenters. The van der Waals surface area contributed by atoms with E-state index in [1.165, 1.54) is 6.92 Å². The second-order valence-corrected chi connectivity index (χ2v) is 4.08. The van der Waals surface area contributed by atoms with Crippen LogP contribution in [0.3, 0.4) is 0 Å². The topological polar surface area (TPSA) is 86.6 Å². The Kier molecular flexibility index (Phi) is 8.05. The predicted molar refractivity (Wildman–Crippen MR) is 64.5 cm³/mol. The third kappa shape index (κ3) is 7.52. The lowest BCUT2D eigenvalue weighted by atomic mass is 10.00. The van der Waals surface area contributed by atoms with Gasteiger partial charge >= 0.3 is 5.97 Å². The molecule has 0 aromatic carbocycles. The second-order valence-electron chi connectivity index (χ2n) is 4.08. The van der Waals surface area contributed by atoms with Crippen molar-refractivity contribution in [2.24, 2.45) is 5.92 Å². The highest BCUT2D eigenvalue weighted by atomic mass is 16.4. The summed E-state index contributed by atoms with van der Waals surface area (Å²) < 4.78 is 0. The molecule has 1 amide bonds. The van der Waals surface area contributed by atoms with Gasteiger partial charge in [-0.2, -0.15) is 0 Å². The van der Waals surface area contributed by atoms with Gasteiger partial charge in [-0.1, -0.05) is 13.0 Å². The monoisotopic (exact) mass is 243 g/mol. The van der Waals surface area contributed by atoms with Crippen LogP contribution in [0, 0.1) is 5.92 Å². The van der Waals surface area contributed by atoms with E-state index in [4.69, 9.17) is 10.2 Å². The molecular weight excluding hydrogens is 222 g/mol. The summed E-state index contributed by atoms with van der Waals surface area (Å²) in [5, 5.41) is 19.4. The molecule has 0 aliphatic carbocycles. The van der Waals surface area contributed by atoms with Gasteiger partial charge < -0.3 is 15.5 Å². The first-order valence-electron chi connectivity index (χ1n) is 5.76.